The van der Waals surface area contributed by atoms with Crippen LogP contribution >= 0.6 is 11.3 Å². The first kappa shape index (κ1) is 15.9. The third-order valence-corrected chi connectivity index (χ3v) is 4.85. The van der Waals surface area contributed by atoms with Crippen molar-refractivity contribution in [2.45, 2.75) is 45.8 Å². The number of methoxy groups -OCH3 is 1. The molecule has 0 spiro atoms. The molecule has 1 aliphatic carbocycles. The van der Waals surface area contributed by atoms with Crippen molar-refractivity contribution in [2.75, 3.05) is 26.8 Å². The molecule has 1 saturated carbocycles. The van der Waals surface area contributed by atoms with Gasteiger partial charge in [-0.25, -0.2) is 4.98 Å². The molecule has 0 radical (unpaired) electrons. The van der Waals surface area contributed by atoms with E-state index < -0.39 is 0 Å². The van der Waals surface area contributed by atoms with Crippen LogP contribution in [0.15, 0.2) is 5.38 Å². The minimum Gasteiger partial charge on any atom is -0.383 e. The quantitative estimate of drug-likeness (QED) is 0.720. The number of thiazole rings is 1. The number of hydrogen-bond acceptors (Lipinski definition) is 5. The summed E-state index contributed by atoms with van der Waals surface area (Å²) in [5.74, 6) is 0.881. The fraction of sp³-hybridized carbons (Fsp3) is 0.800. The molecule has 1 aromatic rings. The van der Waals surface area contributed by atoms with Gasteiger partial charge in [0, 0.05) is 38.2 Å². The Bertz CT molecular complexity index is 392. The van der Waals surface area contributed by atoms with E-state index in [1.54, 1.807) is 18.4 Å². The van der Waals surface area contributed by atoms with E-state index in [4.69, 9.17) is 9.72 Å². The van der Waals surface area contributed by atoms with E-state index in [9.17, 15) is 0 Å². The predicted octanol–water partition coefficient (Wildman–Crippen LogP) is 2.50. The summed E-state index contributed by atoms with van der Waals surface area (Å²) in [4.78, 5) is 7.25. The van der Waals surface area contributed by atoms with Crippen LogP contribution in [0.25, 0.3) is 0 Å². The van der Waals surface area contributed by atoms with Gasteiger partial charge >= 0.3 is 0 Å². The third kappa shape index (κ3) is 4.81. The van der Waals surface area contributed by atoms with Gasteiger partial charge in [-0.2, -0.15) is 0 Å². The summed E-state index contributed by atoms with van der Waals surface area (Å²) in [5.41, 5.74) is 1.20. The van der Waals surface area contributed by atoms with E-state index in [2.05, 4.69) is 29.4 Å². The summed E-state index contributed by atoms with van der Waals surface area (Å²) < 4.78 is 5.25. The molecular formula is C15H27N3OS. The van der Waals surface area contributed by atoms with Crippen LogP contribution in [0, 0.1) is 5.92 Å². The standard InChI is InChI=1S/C15H27N3OS/c1-4-16-9-15-17-14(11-20-15)10-18(7-8-19-3)12(2)13-5-6-13/h11-13,16H,4-10H2,1-3H3. The minimum absolute atomic E-state index is 0.643. The Labute approximate surface area is 126 Å². The Morgan fingerprint density at radius 1 is 1.55 bits per heavy atom. The number of ether oxygens (including phenoxy) is 1. The number of hydrogen-bond donors (Lipinski definition) is 1. The number of nitrogens with one attached hydrogen (secondary N) is 1. The lowest BCUT2D eigenvalue weighted by Gasteiger charge is -2.28. The van der Waals surface area contributed by atoms with Crippen LogP contribution in [-0.4, -0.2) is 42.7 Å². The molecule has 4 nitrogen and oxygen atoms in total. The van der Waals surface area contributed by atoms with E-state index in [-0.39, 0.29) is 0 Å². The zero-order valence-corrected chi connectivity index (χ0v) is 13.7. The van der Waals surface area contributed by atoms with Crippen LogP contribution in [0.2, 0.25) is 0 Å². The molecule has 1 unspecified atom stereocenters. The molecule has 1 atom stereocenters. The summed E-state index contributed by atoms with van der Waals surface area (Å²) in [7, 11) is 1.78. The SMILES string of the molecule is CCNCc1nc(CN(CCOC)C(C)C2CC2)cs1. The fourth-order valence-corrected chi connectivity index (χ4v) is 3.21. The summed E-state index contributed by atoms with van der Waals surface area (Å²) in [6.07, 6.45) is 2.76. The number of aromatic nitrogens is 1. The summed E-state index contributed by atoms with van der Waals surface area (Å²) in [5, 5.41) is 6.72. The predicted molar refractivity (Wildman–Crippen MR) is 84.0 cm³/mol. The minimum atomic E-state index is 0.643. The second-order valence-electron chi connectivity index (χ2n) is 5.55. The van der Waals surface area contributed by atoms with Crippen LogP contribution in [0.3, 0.4) is 0 Å². The van der Waals surface area contributed by atoms with Gasteiger partial charge in [0.15, 0.2) is 0 Å². The maximum atomic E-state index is 5.25. The highest BCUT2D eigenvalue weighted by atomic mass is 32.1. The van der Waals surface area contributed by atoms with Crippen molar-refractivity contribution >= 4 is 11.3 Å². The first-order valence-corrected chi connectivity index (χ1v) is 8.49. The van der Waals surface area contributed by atoms with Crippen molar-refractivity contribution in [3.8, 4) is 0 Å². The lowest BCUT2D eigenvalue weighted by Crippen LogP contribution is -2.36. The first-order chi connectivity index (χ1) is 9.74. The van der Waals surface area contributed by atoms with Crippen molar-refractivity contribution in [2.24, 2.45) is 5.92 Å². The highest BCUT2D eigenvalue weighted by molar-refractivity contribution is 7.09. The summed E-state index contributed by atoms with van der Waals surface area (Å²) in [6, 6.07) is 0.643. The smallest absolute Gasteiger partial charge is 0.107 e. The van der Waals surface area contributed by atoms with Gasteiger partial charge in [-0.3, -0.25) is 4.90 Å². The zero-order chi connectivity index (χ0) is 14.4. The molecule has 1 heterocycles. The van der Waals surface area contributed by atoms with Gasteiger partial charge in [0.25, 0.3) is 0 Å². The topological polar surface area (TPSA) is 37.4 Å². The molecule has 1 aromatic heterocycles. The molecule has 1 aliphatic rings. The third-order valence-electron chi connectivity index (χ3n) is 3.95. The van der Waals surface area contributed by atoms with Gasteiger partial charge < -0.3 is 10.1 Å². The van der Waals surface area contributed by atoms with Crippen LogP contribution in [-0.2, 0) is 17.8 Å². The molecule has 0 amide bonds. The van der Waals surface area contributed by atoms with E-state index in [0.29, 0.717) is 6.04 Å². The average Bonchev–Trinajstić information content (AvgIpc) is 3.21. The van der Waals surface area contributed by atoms with Gasteiger partial charge in [-0.1, -0.05) is 6.92 Å². The molecule has 1 N–H and O–H groups in total. The Kier molecular flexibility index (Phi) is 6.42. The van der Waals surface area contributed by atoms with Crippen molar-refractivity contribution in [1.82, 2.24) is 15.2 Å². The lowest BCUT2D eigenvalue weighted by molar-refractivity contribution is 0.111. The van der Waals surface area contributed by atoms with Gasteiger partial charge in [0.05, 0.1) is 12.3 Å². The molecule has 0 saturated heterocycles. The van der Waals surface area contributed by atoms with Gasteiger partial charge in [-0.15, -0.1) is 11.3 Å². The second-order valence-corrected chi connectivity index (χ2v) is 6.50. The number of rotatable bonds is 10. The van der Waals surface area contributed by atoms with Crippen molar-refractivity contribution in [3.63, 3.8) is 0 Å². The summed E-state index contributed by atoms with van der Waals surface area (Å²) in [6.45, 7) is 9.09. The molecule has 114 valence electrons. The van der Waals surface area contributed by atoms with Crippen LogP contribution in [0.1, 0.15) is 37.4 Å². The summed E-state index contributed by atoms with van der Waals surface area (Å²) >= 11 is 1.76. The normalized spacial score (nSPS) is 16.8. The molecule has 20 heavy (non-hydrogen) atoms. The van der Waals surface area contributed by atoms with E-state index in [0.717, 1.165) is 38.7 Å². The largest absolute Gasteiger partial charge is 0.383 e. The van der Waals surface area contributed by atoms with Crippen molar-refractivity contribution in [3.05, 3.63) is 16.1 Å². The molecule has 0 bridgehead atoms. The fourth-order valence-electron chi connectivity index (χ4n) is 2.45. The van der Waals surface area contributed by atoms with Gasteiger partial charge in [-0.05, 0) is 32.2 Å². The molecule has 1 fully saturated rings. The highest BCUT2D eigenvalue weighted by Gasteiger charge is 2.32. The van der Waals surface area contributed by atoms with Crippen LogP contribution < -0.4 is 5.32 Å². The Balaban J connectivity index is 1.90. The molecule has 0 aromatic carbocycles. The zero-order valence-electron chi connectivity index (χ0n) is 12.9. The molecule has 5 heteroatoms. The molecular weight excluding hydrogens is 270 g/mol. The Hall–Kier alpha value is -0.490. The molecule has 0 aliphatic heterocycles. The van der Waals surface area contributed by atoms with Gasteiger partial charge in [0.2, 0.25) is 0 Å². The molecule has 2 rings (SSSR count). The van der Waals surface area contributed by atoms with E-state index in [1.165, 1.54) is 23.5 Å². The number of nitrogens with zero attached hydrogens (tertiary/aromatic N) is 2. The Morgan fingerprint density at radius 3 is 3.00 bits per heavy atom. The lowest BCUT2D eigenvalue weighted by atomic mass is 10.2. The van der Waals surface area contributed by atoms with Crippen molar-refractivity contribution in [1.29, 1.82) is 0 Å². The second kappa shape index (κ2) is 8.08. The maximum absolute atomic E-state index is 5.25. The Morgan fingerprint density at radius 2 is 2.35 bits per heavy atom. The highest BCUT2D eigenvalue weighted by Crippen LogP contribution is 2.35. The average molecular weight is 297 g/mol. The van der Waals surface area contributed by atoms with E-state index >= 15 is 0 Å². The van der Waals surface area contributed by atoms with Crippen LogP contribution in [0.5, 0.6) is 0 Å². The van der Waals surface area contributed by atoms with Crippen LogP contribution in [0.4, 0.5) is 0 Å². The first-order valence-electron chi connectivity index (χ1n) is 7.61. The van der Waals surface area contributed by atoms with E-state index in [1.807, 2.05) is 0 Å². The monoisotopic (exact) mass is 297 g/mol. The van der Waals surface area contributed by atoms with Gasteiger partial charge in [0.1, 0.15) is 5.01 Å². The van der Waals surface area contributed by atoms with Crippen molar-refractivity contribution < 1.29 is 4.74 Å². The maximum Gasteiger partial charge on any atom is 0.107 e.